The summed E-state index contributed by atoms with van der Waals surface area (Å²) in [5.74, 6) is 0.639. The summed E-state index contributed by atoms with van der Waals surface area (Å²) in [5, 5.41) is 1.05. The van der Waals surface area contributed by atoms with E-state index in [1.165, 1.54) is 11.1 Å². The molecule has 0 aliphatic rings. The van der Waals surface area contributed by atoms with Crippen molar-refractivity contribution >= 4 is 15.9 Å². The normalized spacial score (nSPS) is 10.7. The van der Waals surface area contributed by atoms with E-state index in [-0.39, 0.29) is 0 Å². The Hall–Kier alpha value is -0.300. The lowest BCUT2D eigenvalue weighted by molar-refractivity contribution is 0.863. The Morgan fingerprint density at radius 3 is 2.67 bits per heavy atom. The quantitative estimate of drug-likeness (QED) is 0.690. The van der Waals surface area contributed by atoms with Crippen LogP contribution in [0.25, 0.3) is 0 Å². The summed E-state index contributed by atoms with van der Waals surface area (Å²) in [4.78, 5) is 0. The van der Waals surface area contributed by atoms with Crippen LogP contribution in [0.4, 0.5) is 0 Å². The van der Waals surface area contributed by atoms with Crippen LogP contribution in [0.3, 0.4) is 0 Å². The number of hydrogen-bond donors (Lipinski definition) is 0. The number of rotatable bonds is 3. The first-order valence-electron chi connectivity index (χ1n) is 4.39. The molecule has 1 heteroatoms. The van der Waals surface area contributed by atoms with Gasteiger partial charge in [0.1, 0.15) is 0 Å². The molecule has 12 heavy (non-hydrogen) atoms. The van der Waals surface area contributed by atoms with Gasteiger partial charge in [0.05, 0.1) is 0 Å². The second-order valence-electron chi connectivity index (χ2n) is 3.34. The fourth-order valence-corrected chi connectivity index (χ4v) is 1.67. The Balaban J connectivity index is 2.81. The van der Waals surface area contributed by atoms with Crippen molar-refractivity contribution in [3.63, 3.8) is 0 Å². The molecule has 0 fully saturated rings. The highest BCUT2D eigenvalue weighted by molar-refractivity contribution is 9.09. The van der Waals surface area contributed by atoms with E-state index in [1.54, 1.807) is 0 Å². The van der Waals surface area contributed by atoms with E-state index >= 15 is 0 Å². The van der Waals surface area contributed by atoms with Crippen LogP contribution < -0.4 is 0 Å². The van der Waals surface area contributed by atoms with Gasteiger partial charge in [0.25, 0.3) is 0 Å². The molecule has 0 unspecified atom stereocenters. The van der Waals surface area contributed by atoms with Gasteiger partial charge >= 0.3 is 0 Å². The van der Waals surface area contributed by atoms with Gasteiger partial charge in [-0.05, 0) is 23.5 Å². The zero-order valence-corrected chi connectivity index (χ0v) is 9.26. The van der Waals surface area contributed by atoms with Crippen molar-refractivity contribution in [3.05, 3.63) is 35.4 Å². The van der Waals surface area contributed by atoms with Gasteiger partial charge in [-0.3, -0.25) is 0 Å². The predicted molar refractivity (Wildman–Crippen MR) is 58.0 cm³/mol. The van der Waals surface area contributed by atoms with Crippen molar-refractivity contribution in [2.75, 3.05) is 5.33 Å². The first kappa shape index (κ1) is 9.79. The summed E-state index contributed by atoms with van der Waals surface area (Å²) >= 11 is 3.45. The summed E-state index contributed by atoms with van der Waals surface area (Å²) in [6, 6.07) is 8.83. The average molecular weight is 227 g/mol. The third kappa shape index (κ3) is 2.63. The second-order valence-corrected chi connectivity index (χ2v) is 4.13. The maximum Gasteiger partial charge on any atom is 0.00718 e. The Bertz CT molecular complexity index is 241. The molecular weight excluding hydrogens is 212 g/mol. The first-order valence-corrected chi connectivity index (χ1v) is 5.51. The zero-order chi connectivity index (χ0) is 8.97. The fourth-order valence-electron chi connectivity index (χ4n) is 1.22. The molecule has 1 rings (SSSR count). The van der Waals surface area contributed by atoms with Gasteiger partial charge in [-0.25, -0.2) is 0 Å². The highest BCUT2D eigenvalue weighted by Gasteiger charge is 1.98. The molecule has 0 radical (unpaired) electrons. The van der Waals surface area contributed by atoms with Crippen LogP contribution in [0.15, 0.2) is 24.3 Å². The molecule has 0 nitrogen and oxygen atoms in total. The van der Waals surface area contributed by atoms with Gasteiger partial charge in [0.2, 0.25) is 0 Å². The molecule has 0 N–H and O–H groups in total. The minimum Gasteiger partial charge on any atom is -0.0924 e. The maximum absolute atomic E-state index is 3.45. The van der Waals surface area contributed by atoms with E-state index < -0.39 is 0 Å². The van der Waals surface area contributed by atoms with Crippen molar-refractivity contribution in [2.45, 2.75) is 26.2 Å². The molecule has 66 valence electrons. The van der Waals surface area contributed by atoms with Crippen LogP contribution >= 0.6 is 15.9 Å². The van der Waals surface area contributed by atoms with E-state index in [0.29, 0.717) is 5.92 Å². The Labute approximate surface area is 83.1 Å². The summed E-state index contributed by atoms with van der Waals surface area (Å²) in [7, 11) is 0. The lowest BCUT2D eigenvalue weighted by atomic mass is 10.0. The van der Waals surface area contributed by atoms with E-state index in [1.807, 2.05) is 0 Å². The molecule has 0 bridgehead atoms. The summed E-state index contributed by atoms with van der Waals surface area (Å²) in [6.07, 6.45) is 1.13. The number of aryl methyl sites for hydroxylation is 1. The summed E-state index contributed by atoms with van der Waals surface area (Å²) in [6.45, 7) is 4.46. The minimum absolute atomic E-state index is 0.639. The van der Waals surface area contributed by atoms with Crippen molar-refractivity contribution in [3.8, 4) is 0 Å². The molecule has 0 saturated heterocycles. The van der Waals surface area contributed by atoms with Crippen LogP contribution in [-0.2, 0) is 6.42 Å². The summed E-state index contributed by atoms with van der Waals surface area (Å²) in [5.41, 5.74) is 2.87. The van der Waals surface area contributed by atoms with Gasteiger partial charge in [-0.2, -0.15) is 0 Å². The average Bonchev–Trinajstić information content (AvgIpc) is 2.05. The molecule has 0 aliphatic carbocycles. The largest absolute Gasteiger partial charge is 0.0924 e. The molecule has 1 aromatic rings. The van der Waals surface area contributed by atoms with E-state index in [9.17, 15) is 0 Å². The Kier molecular flexibility index (Phi) is 3.80. The molecule has 0 aromatic heterocycles. The second kappa shape index (κ2) is 4.66. The fraction of sp³-hybridized carbons (Fsp3) is 0.455. The third-order valence-corrected chi connectivity index (χ3v) is 2.40. The number of benzene rings is 1. The number of halogens is 1. The third-order valence-electron chi connectivity index (χ3n) is 2.00. The summed E-state index contributed by atoms with van der Waals surface area (Å²) < 4.78 is 0. The molecule has 1 aromatic carbocycles. The SMILES string of the molecule is CC(C)c1cccc(CCBr)c1. The van der Waals surface area contributed by atoms with Gasteiger partial charge in [-0.15, -0.1) is 0 Å². The van der Waals surface area contributed by atoms with Gasteiger partial charge in [0, 0.05) is 5.33 Å². The molecule has 0 saturated carbocycles. The number of hydrogen-bond acceptors (Lipinski definition) is 0. The topological polar surface area (TPSA) is 0 Å². The highest BCUT2D eigenvalue weighted by atomic mass is 79.9. The van der Waals surface area contributed by atoms with Gasteiger partial charge in [-0.1, -0.05) is 54.0 Å². The lowest BCUT2D eigenvalue weighted by Crippen LogP contribution is -1.91. The van der Waals surface area contributed by atoms with Crippen LogP contribution in [0.5, 0.6) is 0 Å². The van der Waals surface area contributed by atoms with E-state index in [4.69, 9.17) is 0 Å². The molecule has 0 spiro atoms. The van der Waals surface area contributed by atoms with E-state index in [0.717, 1.165) is 11.8 Å². The Morgan fingerprint density at radius 2 is 2.08 bits per heavy atom. The van der Waals surface area contributed by atoms with Crippen molar-refractivity contribution in [1.82, 2.24) is 0 Å². The van der Waals surface area contributed by atoms with Crippen LogP contribution in [0, 0.1) is 0 Å². The van der Waals surface area contributed by atoms with Crippen LogP contribution in [-0.4, -0.2) is 5.33 Å². The molecule has 0 amide bonds. The van der Waals surface area contributed by atoms with Gasteiger partial charge in [0.15, 0.2) is 0 Å². The maximum atomic E-state index is 3.45. The standard InChI is InChI=1S/C11H15Br/c1-9(2)11-5-3-4-10(8-11)6-7-12/h3-5,8-9H,6-7H2,1-2H3. The Morgan fingerprint density at radius 1 is 1.33 bits per heavy atom. The van der Waals surface area contributed by atoms with Crippen molar-refractivity contribution in [1.29, 1.82) is 0 Å². The monoisotopic (exact) mass is 226 g/mol. The van der Waals surface area contributed by atoms with Crippen molar-refractivity contribution < 1.29 is 0 Å². The van der Waals surface area contributed by atoms with Gasteiger partial charge < -0.3 is 0 Å². The number of alkyl halides is 1. The molecule has 0 aliphatic heterocycles. The highest BCUT2D eigenvalue weighted by Crippen LogP contribution is 2.15. The smallest absolute Gasteiger partial charge is 0.00718 e. The minimum atomic E-state index is 0.639. The lowest BCUT2D eigenvalue weighted by Gasteiger charge is -2.06. The van der Waals surface area contributed by atoms with Crippen LogP contribution in [0.2, 0.25) is 0 Å². The molecular formula is C11H15Br. The van der Waals surface area contributed by atoms with Crippen LogP contribution in [0.1, 0.15) is 30.9 Å². The van der Waals surface area contributed by atoms with E-state index in [2.05, 4.69) is 54.0 Å². The van der Waals surface area contributed by atoms with Crippen molar-refractivity contribution in [2.24, 2.45) is 0 Å². The predicted octanol–water partition coefficient (Wildman–Crippen LogP) is 3.75. The molecule has 0 atom stereocenters. The first-order chi connectivity index (χ1) is 5.74. The zero-order valence-electron chi connectivity index (χ0n) is 7.68. The molecule has 0 heterocycles.